The molecule has 0 aromatic heterocycles. The van der Waals surface area contributed by atoms with E-state index in [2.05, 4.69) is 0 Å². The topological polar surface area (TPSA) is 44.1 Å². The number of benzene rings is 1. The van der Waals surface area contributed by atoms with Crippen molar-refractivity contribution in [2.75, 3.05) is 0 Å². The molecule has 14 heavy (non-hydrogen) atoms. The van der Waals surface area contributed by atoms with Crippen LogP contribution in [-0.2, 0) is 5.60 Å². The third-order valence-corrected chi connectivity index (χ3v) is 2.31. The summed E-state index contributed by atoms with van der Waals surface area (Å²) in [7, 11) is 0. The summed E-state index contributed by atoms with van der Waals surface area (Å²) in [5, 5.41) is 17.6. The van der Waals surface area contributed by atoms with E-state index < -0.39 is 5.60 Å². The summed E-state index contributed by atoms with van der Waals surface area (Å²) in [6, 6.07) is 5.75. The van der Waals surface area contributed by atoms with Crippen molar-refractivity contribution in [3.05, 3.63) is 34.9 Å². The Balaban J connectivity index is 3.44. The normalized spacial score (nSPS) is 11.5. The predicted octanol–water partition coefficient (Wildman–Crippen LogP) is 2.61. The van der Waals surface area contributed by atoms with E-state index in [1.165, 1.54) is 0 Å². The number of hydrogen-bond acceptors (Lipinski definition) is 2. The Morgan fingerprint density at radius 3 is 2.29 bits per heavy atom. The van der Waals surface area contributed by atoms with Gasteiger partial charge in [0.2, 0.25) is 0 Å². The molecule has 0 aliphatic carbocycles. The highest BCUT2D eigenvalue weighted by atomic mass is 16.3. The summed E-state index contributed by atoms with van der Waals surface area (Å²) in [5.74, 6) is 0. The number of aryl methyl sites for hydroxylation is 1. The summed E-state index contributed by atoms with van der Waals surface area (Å²) in [5.41, 5.74) is 2.34. The molecule has 0 aliphatic heterocycles. The maximum absolute atomic E-state index is 9.95. The van der Waals surface area contributed by atoms with Crippen molar-refractivity contribution >= 4 is 5.71 Å². The monoisotopic (exact) mass is 191 g/mol. The van der Waals surface area contributed by atoms with Gasteiger partial charge in [0.05, 0.1) is 5.60 Å². The van der Waals surface area contributed by atoms with Crippen molar-refractivity contribution in [2.24, 2.45) is 0 Å². The van der Waals surface area contributed by atoms with Gasteiger partial charge in [0.1, 0.15) is 0 Å². The molecule has 0 saturated heterocycles. The van der Waals surface area contributed by atoms with Crippen LogP contribution in [0.1, 0.15) is 37.5 Å². The van der Waals surface area contributed by atoms with Gasteiger partial charge in [0, 0.05) is 11.3 Å². The van der Waals surface area contributed by atoms with Crippen LogP contribution in [0.2, 0.25) is 0 Å². The molecule has 76 valence electrons. The molecule has 0 aliphatic rings. The van der Waals surface area contributed by atoms with Crippen molar-refractivity contribution in [1.29, 1.82) is 5.41 Å². The molecule has 0 spiro atoms. The molecule has 2 N–H and O–H groups in total. The van der Waals surface area contributed by atoms with Gasteiger partial charge in [0.25, 0.3) is 0 Å². The first-order valence-corrected chi connectivity index (χ1v) is 4.72. The van der Waals surface area contributed by atoms with Crippen molar-refractivity contribution in [3.63, 3.8) is 0 Å². The average Bonchev–Trinajstić information content (AvgIpc) is 2.01. The molecule has 0 radical (unpaired) electrons. The molecule has 1 aromatic carbocycles. The largest absolute Gasteiger partial charge is 0.386 e. The first-order chi connectivity index (χ1) is 6.34. The fraction of sp³-hybridized carbons (Fsp3) is 0.417. The molecule has 0 atom stereocenters. The van der Waals surface area contributed by atoms with Gasteiger partial charge in [-0.05, 0) is 38.8 Å². The van der Waals surface area contributed by atoms with Crippen LogP contribution in [0.25, 0.3) is 0 Å². The highest BCUT2D eigenvalue weighted by Gasteiger charge is 2.21. The smallest absolute Gasteiger partial charge is 0.0847 e. The lowest BCUT2D eigenvalue weighted by atomic mass is 9.88. The Morgan fingerprint density at radius 2 is 1.93 bits per heavy atom. The van der Waals surface area contributed by atoms with Crippen LogP contribution in [0.5, 0.6) is 0 Å². The predicted molar refractivity (Wildman–Crippen MR) is 58.9 cm³/mol. The summed E-state index contributed by atoms with van der Waals surface area (Å²) in [4.78, 5) is 0. The zero-order valence-electron chi connectivity index (χ0n) is 9.18. The molecule has 0 unspecified atom stereocenters. The standard InChI is InChI=1S/C12H17NO/c1-8-6-5-7-10(12(3,4)14)11(8)9(2)13/h5-7,13-14H,1-4H3. The van der Waals surface area contributed by atoms with Crippen molar-refractivity contribution in [3.8, 4) is 0 Å². The van der Waals surface area contributed by atoms with Crippen molar-refractivity contribution in [1.82, 2.24) is 0 Å². The molecule has 0 saturated carbocycles. The lowest BCUT2D eigenvalue weighted by Crippen LogP contribution is -2.20. The Bertz CT molecular complexity index is 361. The van der Waals surface area contributed by atoms with Crippen LogP contribution in [0.4, 0.5) is 0 Å². The second kappa shape index (κ2) is 3.54. The number of aliphatic hydroxyl groups is 1. The van der Waals surface area contributed by atoms with Crippen LogP contribution in [0.15, 0.2) is 18.2 Å². The lowest BCUT2D eigenvalue weighted by Gasteiger charge is -2.22. The maximum Gasteiger partial charge on any atom is 0.0847 e. The molecule has 2 heteroatoms. The van der Waals surface area contributed by atoms with E-state index in [0.29, 0.717) is 5.71 Å². The van der Waals surface area contributed by atoms with Gasteiger partial charge in [0.15, 0.2) is 0 Å². The van der Waals surface area contributed by atoms with Crippen LogP contribution in [0, 0.1) is 12.3 Å². The van der Waals surface area contributed by atoms with Crippen molar-refractivity contribution < 1.29 is 5.11 Å². The summed E-state index contributed by atoms with van der Waals surface area (Å²) in [6.45, 7) is 7.20. The van der Waals surface area contributed by atoms with E-state index in [9.17, 15) is 5.11 Å². The van der Waals surface area contributed by atoms with Gasteiger partial charge in [-0.3, -0.25) is 0 Å². The fourth-order valence-electron chi connectivity index (χ4n) is 1.68. The minimum Gasteiger partial charge on any atom is -0.386 e. The Labute approximate surface area is 85.1 Å². The highest BCUT2D eigenvalue weighted by molar-refractivity contribution is 5.99. The van der Waals surface area contributed by atoms with E-state index in [1.54, 1.807) is 20.8 Å². The highest BCUT2D eigenvalue weighted by Crippen LogP contribution is 2.26. The van der Waals surface area contributed by atoms with Gasteiger partial charge in [-0.1, -0.05) is 18.2 Å². The van der Waals surface area contributed by atoms with Crippen LogP contribution in [0.3, 0.4) is 0 Å². The SMILES string of the molecule is CC(=N)c1c(C)cccc1C(C)(C)O. The zero-order chi connectivity index (χ0) is 10.9. The number of hydrogen-bond donors (Lipinski definition) is 2. The maximum atomic E-state index is 9.95. The van der Waals surface area contributed by atoms with Gasteiger partial charge in [-0.25, -0.2) is 0 Å². The first kappa shape index (κ1) is 10.9. The minimum absolute atomic E-state index is 0.500. The van der Waals surface area contributed by atoms with Crippen molar-refractivity contribution in [2.45, 2.75) is 33.3 Å². The third kappa shape index (κ3) is 2.02. The molecule has 1 rings (SSSR count). The van der Waals surface area contributed by atoms with Gasteiger partial charge in [-0.2, -0.15) is 0 Å². The lowest BCUT2D eigenvalue weighted by molar-refractivity contribution is 0.0783. The summed E-state index contributed by atoms with van der Waals surface area (Å²) < 4.78 is 0. The van der Waals surface area contributed by atoms with E-state index in [4.69, 9.17) is 5.41 Å². The third-order valence-electron chi connectivity index (χ3n) is 2.31. The first-order valence-electron chi connectivity index (χ1n) is 4.72. The van der Waals surface area contributed by atoms with Gasteiger partial charge in [-0.15, -0.1) is 0 Å². The van der Waals surface area contributed by atoms with E-state index in [1.807, 2.05) is 25.1 Å². The van der Waals surface area contributed by atoms with Crippen LogP contribution in [-0.4, -0.2) is 10.8 Å². The quantitative estimate of drug-likeness (QED) is 0.693. The zero-order valence-corrected chi connectivity index (χ0v) is 9.18. The van der Waals surface area contributed by atoms with Crippen LogP contribution >= 0.6 is 0 Å². The number of rotatable bonds is 2. The Morgan fingerprint density at radius 1 is 1.36 bits per heavy atom. The fourth-order valence-corrected chi connectivity index (χ4v) is 1.68. The molecule has 0 amide bonds. The summed E-state index contributed by atoms with van der Waals surface area (Å²) in [6.07, 6.45) is 0. The second-order valence-corrected chi connectivity index (χ2v) is 4.18. The van der Waals surface area contributed by atoms with Gasteiger partial charge < -0.3 is 10.5 Å². The molecule has 0 heterocycles. The molecule has 0 bridgehead atoms. The molecule has 1 aromatic rings. The van der Waals surface area contributed by atoms with E-state index >= 15 is 0 Å². The molecular weight excluding hydrogens is 174 g/mol. The molecule has 0 fully saturated rings. The summed E-state index contributed by atoms with van der Waals surface area (Å²) >= 11 is 0. The number of nitrogens with one attached hydrogen (secondary N) is 1. The minimum atomic E-state index is -0.885. The van der Waals surface area contributed by atoms with Gasteiger partial charge >= 0.3 is 0 Å². The molecular formula is C12H17NO. The van der Waals surface area contributed by atoms with E-state index in [-0.39, 0.29) is 0 Å². The van der Waals surface area contributed by atoms with E-state index in [0.717, 1.165) is 16.7 Å². The average molecular weight is 191 g/mol. The Hall–Kier alpha value is -1.15. The Kier molecular flexibility index (Phi) is 2.76. The second-order valence-electron chi connectivity index (χ2n) is 4.18. The molecule has 2 nitrogen and oxygen atoms in total. The van der Waals surface area contributed by atoms with Crippen LogP contribution < -0.4 is 0 Å².